The number of nitrogens with zero attached hydrogens (tertiary/aromatic N) is 8. The van der Waals surface area contributed by atoms with Crippen LogP contribution < -0.4 is 10.0 Å². The SMILES string of the molecule is CC1=NN(c2cc(S(=O)(=O)O)ccc2Cl)C(=O)C1N=Nc1ccc(C2(c3ccc(N=NC4C(=O)N(c5cc(S(=O)(=O)O)ccc5Cl)N=C4C)cc3)CCCCC2)cc1. The van der Waals surface area contributed by atoms with E-state index in [0.29, 0.717) is 22.8 Å². The van der Waals surface area contributed by atoms with Crippen molar-refractivity contribution in [1.29, 1.82) is 0 Å². The average Bonchev–Trinajstić information content (AvgIpc) is 3.64. The molecular formula is C38H34Cl2N8O8S2. The first kappa shape index (κ1) is 40.9. The number of hydrogen-bond donors (Lipinski definition) is 2. The Morgan fingerprint density at radius 1 is 0.621 bits per heavy atom. The van der Waals surface area contributed by atoms with E-state index in [1.807, 2.05) is 48.5 Å². The van der Waals surface area contributed by atoms with Gasteiger partial charge in [0.15, 0.2) is 12.1 Å². The summed E-state index contributed by atoms with van der Waals surface area (Å²) >= 11 is 12.5. The standard InChI is InChI=1S/C38H34Cl2N8O8S2/c1-22-34(36(49)47(45-22)32-20-28(57(51,52)53)14-16-30(32)39)43-41-26-10-6-24(7-11-26)38(18-4-3-5-19-38)25-8-12-27(13-9-25)42-44-35-23(2)46-48(37(35)50)33-21-29(58(54,55)56)15-17-31(33)40/h6-17,20-21,34-35H,3-5,18-19H2,1-2H3,(H,51,52,53)(H,54,55,56). The third kappa shape index (κ3) is 8.07. The lowest BCUT2D eigenvalue weighted by molar-refractivity contribution is -0.118. The molecule has 2 N–H and O–H groups in total. The van der Waals surface area contributed by atoms with Gasteiger partial charge in [0.05, 0.1) is 54.0 Å². The molecule has 2 amide bonds. The average molecular weight is 866 g/mol. The highest BCUT2D eigenvalue weighted by molar-refractivity contribution is 7.86. The van der Waals surface area contributed by atoms with Crippen LogP contribution in [0.3, 0.4) is 0 Å². The molecule has 16 nitrogen and oxygen atoms in total. The van der Waals surface area contributed by atoms with Crippen molar-refractivity contribution < 1.29 is 35.5 Å². The second kappa shape index (κ2) is 15.8. The predicted octanol–water partition coefficient (Wildman–Crippen LogP) is 8.49. The van der Waals surface area contributed by atoms with E-state index < -0.39 is 53.9 Å². The molecule has 1 fully saturated rings. The van der Waals surface area contributed by atoms with Crippen molar-refractivity contribution in [2.24, 2.45) is 30.7 Å². The minimum absolute atomic E-state index is 0.0207. The van der Waals surface area contributed by atoms with Gasteiger partial charge in [-0.3, -0.25) is 18.7 Å². The van der Waals surface area contributed by atoms with E-state index in [1.165, 1.54) is 12.1 Å². The van der Waals surface area contributed by atoms with Crippen LogP contribution in [-0.4, -0.2) is 61.3 Å². The molecule has 1 saturated carbocycles. The molecule has 2 aliphatic heterocycles. The van der Waals surface area contributed by atoms with Gasteiger partial charge < -0.3 is 0 Å². The highest BCUT2D eigenvalue weighted by Crippen LogP contribution is 2.46. The summed E-state index contributed by atoms with van der Waals surface area (Å²) in [4.78, 5) is 25.7. The normalized spacial score (nSPS) is 20.0. The van der Waals surface area contributed by atoms with Crippen LogP contribution in [0.2, 0.25) is 10.0 Å². The van der Waals surface area contributed by atoms with Crippen LogP contribution in [0.1, 0.15) is 57.1 Å². The maximum absolute atomic E-state index is 13.3. The number of carbonyl (C=O) groups excluding carboxylic acids is 2. The van der Waals surface area contributed by atoms with Crippen LogP contribution in [0.4, 0.5) is 22.7 Å². The Balaban J connectivity index is 1.06. The molecule has 3 aliphatic rings. The molecule has 2 unspecified atom stereocenters. The monoisotopic (exact) mass is 864 g/mol. The second-order valence-electron chi connectivity index (χ2n) is 13.9. The van der Waals surface area contributed by atoms with E-state index in [2.05, 4.69) is 30.7 Å². The minimum Gasteiger partial charge on any atom is -0.282 e. The lowest BCUT2D eigenvalue weighted by atomic mass is 9.65. The predicted molar refractivity (Wildman–Crippen MR) is 217 cm³/mol. The van der Waals surface area contributed by atoms with Gasteiger partial charge in [-0.15, -0.1) is 0 Å². The largest absolute Gasteiger partial charge is 0.294 e. The molecule has 0 bridgehead atoms. The van der Waals surface area contributed by atoms with E-state index >= 15 is 0 Å². The van der Waals surface area contributed by atoms with Gasteiger partial charge in [-0.25, -0.2) is 0 Å². The fourth-order valence-electron chi connectivity index (χ4n) is 7.20. The van der Waals surface area contributed by atoms with E-state index in [9.17, 15) is 35.5 Å². The second-order valence-corrected chi connectivity index (χ2v) is 17.6. The highest BCUT2D eigenvalue weighted by Gasteiger charge is 2.39. The number of hydrazone groups is 2. The van der Waals surface area contributed by atoms with Gasteiger partial charge in [0.2, 0.25) is 0 Å². The Morgan fingerprint density at radius 3 is 1.36 bits per heavy atom. The molecule has 2 atom stereocenters. The van der Waals surface area contributed by atoms with Crippen molar-refractivity contribution in [3.8, 4) is 0 Å². The Hall–Kier alpha value is -5.24. The molecule has 4 aromatic carbocycles. The maximum Gasteiger partial charge on any atom is 0.294 e. The third-order valence-corrected chi connectivity index (χ3v) is 12.5. The lowest BCUT2D eigenvalue weighted by Crippen LogP contribution is -2.30. The van der Waals surface area contributed by atoms with Gasteiger partial charge in [0.25, 0.3) is 32.1 Å². The van der Waals surface area contributed by atoms with Gasteiger partial charge >= 0.3 is 0 Å². The van der Waals surface area contributed by atoms with E-state index in [4.69, 9.17) is 23.2 Å². The quantitative estimate of drug-likeness (QED) is 0.116. The first-order valence-electron chi connectivity index (χ1n) is 17.8. The van der Waals surface area contributed by atoms with Crippen LogP contribution in [0.15, 0.2) is 125 Å². The summed E-state index contributed by atoms with van der Waals surface area (Å²) in [5, 5.41) is 27.6. The van der Waals surface area contributed by atoms with E-state index in [-0.39, 0.29) is 26.8 Å². The van der Waals surface area contributed by atoms with Crippen molar-refractivity contribution in [2.75, 3.05) is 10.0 Å². The van der Waals surface area contributed by atoms with Crippen LogP contribution in [0, 0.1) is 0 Å². The van der Waals surface area contributed by atoms with E-state index in [1.54, 1.807) is 13.8 Å². The molecule has 58 heavy (non-hydrogen) atoms. The number of anilines is 2. The van der Waals surface area contributed by atoms with Gasteiger partial charge in [-0.1, -0.05) is 66.7 Å². The summed E-state index contributed by atoms with van der Waals surface area (Å²) in [6.07, 6.45) is 4.96. The summed E-state index contributed by atoms with van der Waals surface area (Å²) in [5.74, 6) is -1.18. The Bertz CT molecular complexity index is 2490. The molecular weight excluding hydrogens is 832 g/mol. The summed E-state index contributed by atoms with van der Waals surface area (Å²) in [6.45, 7) is 3.19. The molecule has 7 rings (SSSR count). The number of rotatable bonds is 10. The fourth-order valence-corrected chi connectivity index (χ4v) is 8.59. The van der Waals surface area contributed by atoms with Gasteiger partial charge in [0.1, 0.15) is 0 Å². The Morgan fingerprint density at radius 2 is 1.00 bits per heavy atom. The van der Waals surface area contributed by atoms with Crippen molar-refractivity contribution in [3.05, 3.63) is 106 Å². The number of hydrogen-bond acceptors (Lipinski definition) is 12. The van der Waals surface area contributed by atoms with Gasteiger partial charge in [-0.2, -0.15) is 57.5 Å². The van der Waals surface area contributed by atoms with Crippen LogP contribution in [0.25, 0.3) is 0 Å². The minimum atomic E-state index is -4.55. The smallest absolute Gasteiger partial charge is 0.282 e. The topological polar surface area (TPSA) is 224 Å². The number of benzene rings is 4. The summed E-state index contributed by atoms with van der Waals surface area (Å²) < 4.78 is 65.7. The first-order chi connectivity index (χ1) is 27.5. The number of carbonyl (C=O) groups is 2. The van der Waals surface area contributed by atoms with Gasteiger partial charge in [0, 0.05) is 5.41 Å². The van der Waals surface area contributed by atoms with E-state index in [0.717, 1.165) is 77.5 Å². The zero-order valence-corrected chi connectivity index (χ0v) is 33.9. The van der Waals surface area contributed by atoms with Crippen LogP contribution >= 0.6 is 23.2 Å². The fraction of sp³-hybridized carbons (Fsp3) is 0.263. The van der Waals surface area contributed by atoms with Crippen molar-refractivity contribution in [1.82, 2.24) is 0 Å². The molecule has 20 heteroatoms. The zero-order chi connectivity index (χ0) is 41.6. The number of azo groups is 2. The van der Waals surface area contributed by atoms with Crippen molar-refractivity contribution in [3.63, 3.8) is 0 Å². The Kier molecular flexibility index (Phi) is 11.2. The number of amides is 2. The molecule has 0 spiro atoms. The third-order valence-electron chi connectivity index (χ3n) is 10.2. The molecule has 2 heterocycles. The zero-order valence-electron chi connectivity index (χ0n) is 30.8. The lowest BCUT2D eigenvalue weighted by Gasteiger charge is -2.38. The number of halogens is 2. The summed E-state index contributed by atoms with van der Waals surface area (Å²) in [7, 11) is -9.10. The Labute approximate surface area is 343 Å². The summed E-state index contributed by atoms with van der Waals surface area (Å²) in [6, 6.07) is 20.0. The molecule has 0 radical (unpaired) electrons. The van der Waals surface area contributed by atoms with Crippen LogP contribution in [-0.2, 0) is 35.2 Å². The van der Waals surface area contributed by atoms with Gasteiger partial charge in [-0.05, 0) is 98.5 Å². The molecule has 4 aromatic rings. The molecule has 0 aromatic heterocycles. The van der Waals surface area contributed by atoms with Crippen molar-refractivity contribution >= 4 is 89.4 Å². The maximum atomic E-state index is 13.3. The molecule has 0 saturated heterocycles. The highest BCUT2D eigenvalue weighted by atomic mass is 35.5. The summed E-state index contributed by atoms with van der Waals surface area (Å²) in [5.41, 5.74) is 3.45. The first-order valence-corrected chi connectivity index (χ1v) is 21.4. The molecule has 300 valence electrons. The molecule has 1 aliphatic carbocycles. The van der Waals surface area contributed by atoms with Crippen LogP contribution in [0.5, 0.6) is 0 Å². The van der Waals surface area contributed by atoms with Crippen molar-refractivity contribution in [2.45, 2.75) is 73.2 Å².